The van der Waals surface area contributed by atoms with Crippen molar-refractivity contribution >= 4 is 5.69 Å². The van der Waals surface area contributed by atoms with Crippen LogP contribution < -0.4 is 10.1 Å². The summed E-state index contributed by atoms with van der Waals surface area (Å²) in [6.07, 6.45) is 0. The molecule has 0 aliphatic heterocycles. The first-order valence-corrected chi connectivity index (χ1v) is 6.68. The van der Waals surface area contributed by atoms with Crippen molar-refractivity contribution in [1.82, 2.24) is 0 Å². The highest BCUT2D eigenvalue weighted by atomic mass is 19.1. The minimum absolute atomic E-state index is 0.00158. The van der Waals surface area contributed by atoms with Gasteiger partial charge in [-0.1, -0.05) is 18.2 Å². The number of aryl methyl sites for hydroxylation is 2. The summed E-state index contributed by atoms with van der Waals surface area (Å²) in [7, 11) is 1.65. The zero-order valence-electron chi connectivity index (χ0n) is 12.3. The van der Waals surface area contributed by atoms with Crippen LogP contribution in [-0.4, -0.2) is 7.11 Å². The molecule has 1 atom stereocenters. The van der Waals surface area contributed by atoms with Crippen LogP contribution in [0.5, 0.6) is 5.75 Å². The number of halogens is 1. The second-order valence-corrected chi connectivity index (χ2v) is 5.08. The molecule has 0 bridgehead atoms. The topological polar surface area (TPSA) is 21.3 Å². The molecule has 3 heteroatoms. The summed E-state index contributed by atoms with van der Waals surface area (Å²) in [4.78, 5) is 0. The van der Waals surface area contributed by atoms with E-state index >= 15 is 0 Å². The van der Waals surface area contributed by atoms with Crippen LogP contribution in [0.15, 0.2) is 36.4 Å². The van der Waals surface area contributed by atoms with Crippen LogP contribution in [0.1, 0.15) is 29.7 Å². The first-order chi connectivity index (χ1) is 9.51. The van der Waals surface area contributed by atoms with Gasteiger partial charge in [-0.15, -0.1) is 0 Å². The van der Waals surface area contributed by atoms with Crippen LogP contribution in [0.3, 0.4) is 0 Å². The zero-order chi connectivity index (χ0) is 14.7. The maximum Gasteiger partial charge on any atom is 0.142 e. The van der Waals surface area contributed by atoms with Gasteiger partial charge in [-0.05, 0) is 55.7 Å². The molecule has 2 nitrogen and oxygen atoms in total. The maximum absolute atomic E-state index is 13.6. The first kappa shape index (κ1) is 14.4. The second-order valence-electron chi connectivity index (χ2n) is 5.08. The third kappa shape index (κ3) is 3.10. The molecule has 0 saturated carbocycles. The Morgan fingerprint density at radius 1 is 1.10 bits per heavy atom. The van der Waals surface area contributed by atoms with Crippen molar-refractivity contribution in [3.8, 4) is 5.75 Å². The van der Waals surface area contributed by atoms with Crippen molar-refractivity contribution < 1.29 is 9.13 Å². The quantitative estimate of drug-likeness (QED) is 0.877. The predicted molar refractivity (Wildman–Crippen MR) is 80.9 cm³/mol. The fourth-order valence-electron chi connectivity index (χ4n) is 2.11. The molecule has 0 fully saturated rings. The van der Waals surface area contributed by atoms with Crippen molar-refractivity contribution in [1.29, 1.82) is 0 Å². The van der Waals surface area contributed by atoms with Crippen molar-refractivity contribution in [2.45, 2.75) is 26.8 Å². The van der Waals surface area contributed by atoms with E-state index in [4.69, 9.17) is 4.74 Å². The lowest BCUT2D eigenvalue weighted by atomic mass is 10.1. The molecule has 1 N–H and O–H groups in total. The molecule has 2 rings (SSSR count). The Morgan fingerprint density at radius 2 is 1.85 bits per heavy atom. The summed E-state index contributed by atoms with van der Waals surface area (Å²) in [5.74, 6) is 0.622. The van der Waals surface area contributed by atoms with Crippen molar-refractivity contribution in [2.24, 2.45) is 0 Å². The smallest absolute Gasteiger partial charge is 0.142 e. The Balaban J connectivity index is 2.22. The summed E-state index contributed by atoms with van der Waals surface area (Å²) >= 11 is 0. The van der Waals surface area contributed by atoms with E-state index in [1.807, 2.05) is 38.1 Å². The normalized spacial score (nSPS) is 12.1. The van der Waals surface area contributed by atoms with Gasteiger partial charge in [0.25, 0.3) is 0 Å². The van der Waals surface area contributed by atoms with Crippen molar-refractivity contribution in [3.63, 3.8) is 0 Å². The lowest BCUT2D eigenvalue weighted by molar-refractivity contribution is 0.416. The molecular weight excluding hydrogens is 253 g/mol. The molecule has 0 spiro atoms. The van der Waals surface area contributed by atoms with Gasteiger partial charge in [-0.25, -0.2) is 4.39 Å². The average Bonchev–Trinajstić information content (AvgIpc) is 2.43. The second kappa shape index (κ2) is 5.95. The molecule has 106 valence electrons. The summed E-state index contributed by atoms with van der Waals surface area (Å²) < 4.78 is 19.0. The highest BCUT2D eigenvalue weighted by Crippen LogP contribution is 2.29. The van der Waals surface area contributed by atoms with E-state index in [9.17, 15) is 4.39 Å². The van der Waals surface area contributed by atoms with Crippen LogP contribution in [0.2, 0.25) is 0 Å². The van der Waals surface area contributed by atoms with E-state index in [0.29, 0.717) is 5.56 Å². The van der Waals surface area contributed by atoms with Crippen molar-refractivity contribution in [3.05, 3.63) is 58.9 Å². The standard InChI is InChI=1S/C17H20FNO/c1-11-5-8-16(17(9-11)20-4)19-13(3)14-7-6-12(2)15(18)10-14/h5-10,13,19H,1-4H3. The van der Waals surface area contributed by atoms with Gasteiger partial charge in [0, 0.05) is 6.04 Å². The third-order valence-corrected chi connectivity index (χ3v) is 3.42. The largest absolute Gasteiger partial charge is 0.495 e. The number of benzene rings is 2. The number of hydrogen-bond donors (Lipinski definition) is 1. The fourth-order valence-corrected chi connectivity index (χ4v) is 2.11. The van der Waals surface area contributed by atoms with Crippen LogP contribution in [0, 0.1) is 19.7 Å². The zero-order valence-corrected chi connectivity index (χ0v) is 12.3. The molecule has 0 aliphatic rings. The van der Waals surface area contributed by atoms with Gasteiger partial charge in [0.05, 0.1) is 12.8 Å². The SMILES string of the molecule is COc1cc(C)ccc1NC(C)c1ccc(C)c(F)c1. The highest BCUT2D eigenvalue weighted by molar-refractivity contribution is 5.58. The van der Waals surface area contributed by atoms with Gasteiger partial charge in [0.2, 0.25) is 0 Å². The molecule has 0 radical (unpaired) electrons. The molecule has 0 saturated heterocycles. The molecule has 2 aromatic rings. The van der Waals surface area contributed by atoms with E-state index in [1.54, 1.807) is 26.2 Å². The molecule has 0 amide bonds. The number of rotatable bonds is 4. The van der Waals surface area contributed by atoms with Crippen LogP contribution in [-0.2, 0) is 0 Å². The maximum atomic E-state index is 13.6. The minimum Gasteiger partial charge on any atom is -0.495 e. The Kier molecular flexibility index (Phi) is 4.28. The summed E-state index contributed by atoms with van der Waals surface area (Å²) in [5, 5.41) is 3.36. The lowest BCUT2D eigenvalue weighted by Gasteiger charge is -2.18. The highest BCUT2D eigenvalue weighted by Gasteiger charge is 2.10. The number of methoxy groups -OCH3 is 1. The van der Waals surface area contributed by atoms with E-state index in [-0.39, 0.29) is 11.9 Å². The summed E-state index contributed by atoms with van der Waals surface area (Å²) in [5.41, 5.74) is 3.62. The minimum atomic E-state index is -0.174. The van der Waals surface area contributed by atoms with Gasteiger partial charge in [0.15, 0.2) is 0 Å². The van der Waals surface area contributed by atoms with Gasteiger partial charge in [-0.2, -0.15) is 0 Å². The molecule has 1 unspecified atom stereocenters. The molecule has 0 aromatic heterocycles. The van der Waals surface area contributed by atoms with Gasteiger partial charge in [-0.3, -0.25) is 0 Å². The van der Waals surface area contributed by atoms with E-state index in [1.165, 1.54) is 0 Å². The summed E-state index contributed by atoms with van der Waals surface area (Å²) in [6, 6.07) is 11.3. The molecular formula is C17H20FNO. The molecule has 2 aromatic carbocycles. The van der Waals surface area contributed by atoms with Gasteiger partial charge in [0.1, 0.15) is 11.6 Å². The number of anilines is 1. The Bertz CT molecular complexity index is 610. The molecule has 20 heavy (non-hydrogen) atoms. The Hall–Kier alpha value is -2.03. The number of hydrogen-bond acceptors (Lipinski definition) is 2. The first-order valence-electron chi connectivity index (χ1n) is 6.68. The predicted octanol–water partition coefficient (Wildman–Crippen LogP) is 4.62. The summed E-state index contributed by atoms with van der Waals surface area (Å²) in [6.45, 7) is 5.79. The van der Waals surface area contributed by atoms with Crippen molar-refractivity contribution in [2.75, 3.05) is 12.4 Å². The van der Waals surface area contributed by atoms with Gasteiger partial charge < -0.3 is 10.1 Å². The van der Waals surface area contributed by atoms with Crippen LogP contribution in [0.25, 0.3) is 0 Å². The monoisotopic (exact) mass is 273 g/mol. The van der Waals surface area contributed by atoms with E-state index in [0.717, 1.165) is 22.6 Å². The molecule has 0 heterocycles. The number of nitrogens with one attached hydrogen (secondary N) is 1. The number of ether oxygens (including phenoxy) is 1. The van der Waals surface area contributed by atoms with E-state index in [2.05, 4.69) is 5.32 Å². The fraction of sp³-hybridized carbons (Fsp3) is 0.294. The van der Waals surface area contributed by atoms with Crippen LogP contribution in [0.4, 0.5) is 10.1 Å². The lowest BCUT2D eigenvalue weighted by Crippen LogP contribution is -2.08. The Labute approximate surface area is 119 Å². The van der Waals surface area contributed by atoms with E-state index < -0.39 is 0 Å². The Morgan fingerprint density at radius 3 is 2.50 bits per heavy atom. The van der Waals surface area contributed by atoms with Gasteiger partial charge >= 0.3 is 0 Å². The molecule has 0 aliphatic carbocycles. The third-order valence-electron chi connectivity index (χ3n) is 3.42. The van der Waals surface area contributed by atoms with Crippen LogP contribution >= 0.6 is 0 Å². The average molecular weight is 273 g/mol.